The number of hydrogen-bond donors (Lipinski definition) is 2. The summed E-state index contributed by atoms with van der Waals surface area (Å²) in [5.41, 5.74) is 0.412. The third kappa shape index (κ3) is 2.73. The lowest BCUT2D eigenvalue weighted by Gasteiger charge is -2.05. The van der Waals surface area contributed by atoms with Crippen molar-refractivity contribution in [1.29, 1.82) is 0 Å². The summed E-state index contributed by atoms with van der Waals surface area (Å²) in [6.45, 7) is 0. The van der Waals surface area contributed by atoms with E-state index in [1.807, 2.05) is 0 Å². The highest BCUT2D eigenvalue weighted by Crippen LogP contribution is 2.15. The summed E-state index contributed by atoms with van der Waals surface area (Å²) in [5.74, 6) is 0.312. The van der Waals surface area contributed by atoms with Gasteiger partial charge in [-0.05, 0) is 30.3 Å². The molecule has 2 rings (SSSR count). The zero-order valence-corrected chi connectivity index (χ0v) is 9.64. The maximum Gasteiger partial charge on any atom is 0.276 e. The molecule has 0 saturated heterocycles. The Bertz CT molecular complexity index is 584. The topological polar surface area (TPSA) is 84.1 Å². The fourth-order valence-electron chi connectivity index (χ4n) is 1.34. The molecule has 1 heterocycles. The van der Waals surface area contributed by atoms with Crippen molar-refractivity contribution in [2.24, 2.45) is 0 Å². The van der Waals surface area contributed by atoms with E-state index in [1.54, 1.807) is 31.4 Å². The molecule has 1 aromatic carbocycles. The number of methoxy groups -OCH3 is 1. The quantitative estimate of drug-likeness (QED) is 0.845. The number of nitrogens with one attached hydrogen (secondary N) is 2. The van der Waals surface area contributed by atoms with E-state index < -0.39 is 5.91 Å². The van der Waals surface area contributed by atoms with Crippen LogP contribution in [0.25, 0.3) is 0 Å². The molecule has 0 saturated carbocycles. The molecule has 0 radical (unpaired) electrons. The van der Waals surface area contributed by atoms with Crippen molar-refractivity contribution >= 4 is 11.6 Å². The molecule has 0 fully saturated rings. The lowest BCUT2D eigenvalue weighted by Crippen LogP contribution is -2.17. The minimum atomic E-state index is -0.392. The molecule has 0 aliphatic heterocycles. The van der Waals surface area contributed by atoms with E-state index in [4.69, 9.17) is 4.74 Å². The zero-order chi connectivity index (χ0) is 13.0. The lowest BCUT2D eigenvalue weighted by atomic mass is 10.3. The monoisotopic (exact) mass is 245 g/mol. The highest BCUT2D eigenvalue weighted by Gasteiger charge is 2.07. The van der Waals surface area contributed by atoms with Crippen LogP contribution in [0, 0.1) is 0 Å². The average Bonchev–Trinajstić information content (AvgIpc) is 2.40. The number of H-pyrrole nitrogens is 1. The van der Waals surface area contributed by atoms with Gasteiger partial charge in [0, 0.05) is 11.8 Å². The van der Waals surface area contributed by atoms with E-state index >= 15 is 0 Å². The highest BCUT2D eigenvalue weighted by molar-refractivity contribution is 6.02. The van der Waals surface area contributed by atoms with E-state index in [1.165, 1.54) is 12.1 Å². The highest BCUT2D eigenvalue weighted by atomic mass is 16.5. The van der Waals surface area contributed by atoms with Crippen molar-refractivity contribution in [1.82, 2.24) is 10.2 Å². The van der Waals surface area contributed by atoms with Gasteiger partial charge in [0.2, 0.25) is 0 Å². The third-order valence-electron chi connectivity index (χ3n) is 2.26. The Hall–Kier alpha value is -2.63. The number of hydrogen-bond acceptors (Lipinski definition) is 4. The van der Waals surface area contributed by atoms with Crippen molar-refractivity contribution in [2.45, 2.75) is 0 Å². The molecule has 6 nitrogen and oxygen atoms in total. The maximum absolute atomic E-state index is 11.8. The minimum absolute atomic E-state index is 0.144. The van der Waals surface area contributed by atoms with Crippen LogP contribution in [0.4, 0.5) is 5.69 Å². The third-order valence-corrected chi connectivity index (χ3v) is 2.26. The smallest absolute Gasteiger partial charge is 0.276 e. The largest absolute Gasteiger partial charge is 0.497 e. The minimum Gasteiger partial charge on any atom is -0.497 e. The SMILES string of the molecule is COc1ccc(NC(=O)c2ccc(=O)[nH]n2)cc1. The number of aromatic nitrogens is 2. The van der Waals surface area contributed by atoms with Gasteiger partial charge in [0.1, 0.15) is 11.4 Å². The summed E-state index contributed by atoms with van der Waals surface area (Å²) in [5, 5.41) is 8.48. The van der Waals surface area contributed by atoms with E-state index in [2.05, 4.69) is 15.5 Å². The molecule has 6 heteroatoms. The Labute approximate surface area is 103 Å². The van der Waals surface area contributed by atoms with Crippen molar-refractivity contribution < 1.29 is 9.53 Å². The Morgan fingerprint density at radius 2 is 1.94 bits per heavy atom. The molecule has 1 amide bonds. The first-order valence-electron chi connectivity index (χ1n) is 5.20. The molecule has 2 aromatic rings. The maximum atomic E-state index is 11.8. The number of carbonyl (C=O) groups excluding carboxylic acids is 1. The Kier molecular flexibility index (Phi) is 3.38. The fourth-order valence-corrected chi connectivity index (χ4v) is 1.34. The summed E-state index contributed by atoms with van der Waals surface area (Å²) in [7, 11) is 1.57. The zero-order valence-electron chi connectivity index (χ0n) is 9.64. The molecular weight excluding hydrogens is 234 g/mol. The predicted octanol–water partition coefficient (Wildman–Crippen LogP) is 1.03. The predicted molar refractivity (Wildman–Crippen MR) is 65.8 cm³/mol. The number of benzene rings is 1. The van der Waals surface area contributed by atoms with Crippen LogP contribution in [0.5, 0.6) is 5.75 Å². The standard InChI is InChI=1S/C12H11N3O3/c1-18-9-4-2-8(3-5-9)13-12(17)10-6-7-11(16)15-14-10/h2-7H,1H3,(H,13,17)(H,15,16). The van der Waals surface area contributed by atoms with Gasteiger partial charge >= 0.3 is 0 Å². The van der Waals surface area contributed by atoms with Gasteiger partial charge in [0.25, 0.3) is 11.5 Å². The van der Waals surface area contributed by atoms with Gasteiger partial charge in [-0.3, -0.25) is 9.59 Å². The molecular formula is C12H11N3O3. The molecule has 0 unspecified atom stereocenters. The van der Waals surface area contributed by atoms with Crippen molar-refractivity contribution in [3.8, 4) is 5.75 Å². The Morgan fingerprint density at radius 1 is 1.22 bits per heavy atom. The number of carbonyl (C=O) groups is 1. The number of rotatable bonds is 3. The molecule has 18 heavy (non-hydrogen) atoms. The second kappa shape index (κ2) is 5.13. The first-order valence-corrected chi connectivity index (χ1v) is 5.20. The van der Waals surface area contributed by atoms with Crippen molar-refractivity contribution in [2.75, 3.05) is 12.4 Å². The van der Waals surface area contributed by atoms with Crippen LogP contribution in [-0.4, -0.2) is 23.2 Å². The van der Waals surface area contributed by atoms with Crippen LogP contribution in [0.15, 0.2) is 41.2 Å². The summed E-state index contributed by atoms with van der Waals surface area (Å²) in [6, 6.07) is 9.49. The molecule has 1 aromatic heterocycles. The summed E-state index contributed by atoms with van der Waals surface area (Å²) < 4.78 is 5.01. The van der Waals surface area contributed by atoms with Crippen LogP contribution in [0.1, 0.15) is 10.5 Å². The van der Waals surface area contributed by atoms with E-state index in [9.17, 15) is 9.59 Å². The van der Waals surface area contributed by atoms with Crippen LogP contribution in [-0.2, 0) is 0 Å². The normalized spacial score (nSPS) is 9.83. The van der Waals surface area contributed by atoms with Crippen molar-refractivity contribution in [3.63, 3.8) is 0 Å². The van der Waals surface area contributed by atoms with Gasteiger partial charge in [-0.15, -0.1) is 0 Å². The summed E-state index contributed by atoms with van der Waals surface area (Å²) >= 11 is 0. The summed E-state index contributed by atoms with van der Waals surface area (Å²) in [6.07, 6.45) is 0. The number of amides is 1. The van der Waals surface area contributed by atoms with E-state index in [0.717, 1.165) is 0 Å². The van der Waals surface area contributed by atoms with Crippen molar-refractivity contribution in [3.05, 3.63) is 52.4 Å². The second-order valence-corrected chi connectivity index (χ2v) is 3.49. The Morgan fingerprint density at radius 3 is 2.50 bits per heavy atom. The van der Waals surface area contributed by atoms with Gasteiger partial charge in [-0.1, -0.05) is 0 Å². The number of aromatic amines is 1. The van der Waals surface area contributed by atoms with Gasteiger partial charge in [-0.2, -0.15) is 5.10 Å². The second-order valence-electron chi connectivity index (χ2n) is 3.49. The van der Waals surface area contributed by atoms with E-state index in [-0.39, 0.29) is 11.3 Å². The molecule has 0 aliphatic carbocycles. The molecule has 0 atom stereocenters. The first kappa shape index (κ1) is 11.8. The van der Waals surface area contributed by atoms with Crippen LogP contribution < -0.4 is 15.6 Å². The molecule has 0 spiro atoms. The molecule has 2 N–H and O–H groups in total. The van der Waals surface area contributed by atoms with Crippen LogP contribution in [0.2, 0.25) is 0 Å². The van der Waals surface area contributed by atoms with Gasteiger partial charge in [0.05, 0.1) is 7.11 Å². The van der Waals surface area contributed by atoms with E-state index in [0.29, 0.717) is 11.4 Å². The van der Waals surface area contributed by atoms with Gasteiger partial charge in [-0.25, -0.2) is 5.10 Å². The first-order chi connectivity index (χ1) is 8.69. The molecule has 0 bridgehead atoms. The molecule has 0 aliphatic rings. The molecule has 92 valence electrons. The summed E-state index contributed by atoms with van der Waals surface area (Å²) in [4.78, 5) is 22.6. The van der Waals surface area contributed by atoms with Crippen LogP contribution >= 0.6 is 0 Å². The Balaban J connectivity index is 2.10. The fraction of sp³-hybridized carbons (Fsp3) is 0.0833. The van der Waals surface area contributed by atoms with Gasteiger partial charge < -0.3 is 10.1 Å². The lowest BCUT2D eigenvalue weighted by molar-refractivity contribution is 0.102. The number of anilines is 1. The number of nitrogens with zero attached hydrogens (tertiary/aromatic N) is 1. The average molecular weight is 245 g/mol. The van der Waals surface area contributed by atoms with Crippen LogP contribution in [0.3, 0.4) is 0 Å². The van der Waals surface area contributed by atoms with Gasteiger partial charge in [0.15, 0.2) is 0 Å². The number of ether oxygens (including phenoxy) is 1.